The molecule has 2 heterocycles. The first-order valence-electron chi connectivity index (χ1n) is 7.33. The average molecular weight is 244 g/mol. The van der Waals surface area contributed by atoms with Crippen LogP contribution in [0.25, 0.3) is 0 Å². The van der Waals surface area contributed by atoms with E-state index in [1.165, 1.54) is 64.0 Å². The number of hydrogen-bond donors (Lipinski definition) is 1. The van der Waals surface area contributed by atoms with E-state index in [1.54, 1.807) is 0 Å². The summed E-state index contributed by atoms with van der Waals surface area (Å²) >= 11 is 0. The first kappa shape index (κ1) is 12.2. The number of nitrogens with one attached hydrogen (secondary N) is 1. The maximum atomic E-state index is 3.55. The quantitative estimate of drug-likeness (QED) is 0.878. The SMILES string of the molecule is c1ccc(CCN2CCC[C@@]3(CCNC3)C2)cc1. The Balaban J connectivity index is 1.54. The van der Waals surface area contributed by atoms with E-state index in [0.29, 0.717) is 5.41 Å². The van der Waals surface area contributed by atoms with Crippen LogP contribution in [0.1, 0.15) is 24.8 Å². The Bertz CT molecular complexity index is 368. The Kier molecular flexibility index (Phi) is 3.67. The molecule has 18 heavy (non-hydrogen) atoms. The van der Waals surface area contributed by atoms with Gasteiger partial charge in [0.1, 0.15) is 0 Å². The summed E-state index contributed by atoms with van der Waals surface area (Å²) in [6.45, 7) is 6.31. The van der Waals surface area contributed by atoms with Crippen molar-refractivity contribution < 1.29 is 0 Å². The topological polar surface area (TPSA) is 15.3 Å². The van der Waals surface area contributed by atoms with Crippen molar-refractivity contribution in [1.29, 1.82) is 0 Å². The molecule has 98 valence electrons. The van der Waals surface area contributed by atoms with Crippen LogP contribution in [0.3, 0.4) is 0 Å². The van der Waals surface area contributed by atoms with Crippen molar-refractivity contribution in [3.05, 3.63) is 35.9 Å². The maximum Gasteiger partial charge on any atom is 0.00508 e. The summed E-state index contributed by atoms with van der Waals surface area (Å²) in [6, 6.07) is 10.9. The molecule has 0 amide bonds. The molecule has 2 aliphatic rings. The number of benzene rings is 1. The van der Waals surface area contributed by atoms with Crippen LogP contribution >= 0.6 is 0 Å². The Labute approximate surface area is 110 Å². The number of likely N-dealkylation sites (tertiary alicyclic amines) is 1. The molecule has 3 rings (SSSR count). The van der Waals surface area contributed by atoms with Gasteiger partial charge in [0.05, 0.1) is 0 Å². The highest BCUT2D eigenvalue weighted by Crippen LogP contribution is 2.35. The highest BCUT2D eigenvalue weighted by molar-refractivity contribution is 5.15. The third kappa shape index (κ3) is 2.76. The van der Waals surface area contributed by atoms with Gasteiger partial charge in [0, 0.05) is 19.6 Å². The van der Waals surface area contributed by atoms with Crippen LogP contribution in [0.4, 0.5) is 0 Å². The predicted molar refractivity (Wildman–Crippen MR) is 75.7 cm³/mol. The van der Waals surface area contributed by atoms with Crippen molar-refractivity contribution in [2.24, 2.45) is 5.41 Å². The number of rotatable bonds is 3. The largest absolute Gasteiger partial charge is 0.316 e. The van der Waals surface area contributed by atoms with E-state index in [1.807, 2.05) is 0 Å². The van der Waals surface area contributed by atoms with Crippen molar-refractivity contribution >= 4 is 0 Å². The zero-order valence-corrected chi connectivity index (χ0v) is 11.2. The highest BCUT2D eigenvalue weighted by Gasteiger charge is 2.37. The van der Waals surface area contributed by atoms with E-state index < -0.39 is 0 Å². The van der Waals surface area contributed by atoms with Crippen LogP contribution < -0.4 is 5.32 Å². The summed E-state index contributed by atoms with van der Waals surface area (Å²) < 4.78 is 0. The van der Waals surface area contributed by atoms with E-state index in [-0.39, 0.29) is 0 Å². The van der Waals surface area contributed by atoms with Crippen LogP contribution in [0.2, 0.25) is 0 Å². The van der Waals surface area contributed by atoms with Gasteiger partial charge in [-0.3, -0.25) is 0 Å². The van der Waals surface area contributed by atoms with Gasteiger partial charge in [-0.2, -0.15) is 0 Å². The molecule has 1 spiro atoms. The molecule has 0 unspecified atom stereocenters. The van der Waals surface area contributed by atoms with Crippen LogP contribution in [0, 0.1) is 5.41 Å². The van der Waals surface area contributed by atoms with Gasteiger partial charge in [-0.05, 0) is 49.8 Å². The molecule has 2 fully saturated rings. The van der Waals surface area contributed by atoms with E-state index in [9.17, 15) is 0 Å². The molecule has 2 aliphatic heterocycles. The van der Waals surface area contributed by atoms with Crippen molar-refractivity contribution in [2.75, 3.05) is 32.7 Å². The maximum absolute atomic E-state index is 3.55. The van der Waals surface area contributed by atoms with E-state index in [2.05, 4.69) is 40.5 Å². The lowest BCUT2D eigenvalue weighted by Crippen LogP contribution is -2.45. The fraction of sp³-hybridized carbons (Fsp3) is 0.625. The summed E-state index contributed by atoms with van der Waals surface area (Å²) in [5, 5.41) is 3.55. The molecule has 0 bridgehead atoms. The zero-order valence-electron chi connectivity index (χ0n) is 11.2. The average Bonchev–Trinajstić information content (AvgIpc) is 2.86. The van der Waals surface area contributed by atoms with Crippen LogP contribution in [-0.4, -0.2) is 37.6 Å². The molecule has 1 N–H and O–H groups in total. The van der Waals surface area contributed by atoms with E-state index >= 15 is 0 Å². The molecule has 0 aliphatic carbocycles. The van der Waals surface area contributed by atoms with Crippen molar-refractivity contribution in [1.82, 2.24) is 10.2 Å². The van der Waals surface area contributed by atoms with Crippen LogP contribution in [-0.2, 0) is 6.42 Å². The Morgan fingerprint density at radius 1 is 1.17 bits per heavy atom. The fourth-order valence-electron chi connectivity index (χ4n) is 3.58. The highest BCUT2D eigenvalue weighted by atomic mass is 15.1. The second-order valence-corrected chi connectivity index (χ2v) is 6.04. The third-order valence-corrected chi connectivity index (χ3v) is 4.63. The van der Waals surface area contributed by atoms with Crippen LogP contribution in [0.15, 0.2) is 30.3 Å². The number of piperidine rings is 1. The molecule has 0 saturated carbocycles. The predicted octanol–water partition coefficient (Wildman–Crippen LogP) is 2.30. The van der Waals surface area contributed by atoms with Gasteiger partial charge in [-0.25, -0.2) is 0 Å². The van der Waals surface area contributed by atoms with Gasteiger partial charge in [0.25, 0.3) is 0 Å². The summed E-state index contributed by atoms with van der Waals surface area (Å²) in [5.41, 5.74) is 2.08. The van der Waals surface area contributed by atoms with Gasteiger partial charge in [0.15, 0.2) is 0 Å². The molecule has 0 aromatic heterocycles. The second kappa shape index (κ2) is 5.41. The lowest BCUT2D eigenvalue weighted by molar-refractivity contribution is 0.105. The standard InChI is InChI=1S/C16H24N2/c1-2-5-15(6-3-1)7-12-18-11-4-8-16(14-18)9-10-17-13-16/h1-3,5-6,17H,4,7-14H2/t16-/m0/s1. The first-order chi connectivity index (χ1) is 8.86. The Hall–Kier alpha value is -0.860. The van der Waals surface area contributed by atoms with Crippen molar-refractivity contribution in [3.8, 4) is 0 Å². The van der Waals surface area contributed by atoms with Crippen LogP contribution in [0.5, 0.6) is 0 Å². The zero-order chi connectivity index (χ0) is 12.3. The third-order valence-electron chi connectivity index (χ3n) is 4.63. The fourth-order valence-corrected chi connectivity index (χ4v) is 3.58. The van der Waals surface area contributed by atoms with Crippen molar-refractivity contribution in [2.45, 2.75) is 25.7 Å². The van der Waals surface area contributed by atoms with Gasteiger partial charge >= 0.3 is 0 Å². The minimum Gasteiger partial charge on any atom is -0.316 e. The normalized spacial score (nSPS) is 28.9. The van der Waals surface area contributed by atoms with Gasteiger partial charge in [0.2, 0.25) is 0 Å². The number of nitrogens with zero attached hydrogens (tertiary/aromatic N) is 1. The van der Waals surface area contributed by atoms with Gasteiger partial charge in [-0.1, -0.05) is 30.3 Å². The molecule has 1 aromatic rings. The summed E-state index contributed by atoms with van der Waals surface area (Å²) in [6.07, 6.45) is 5.40. The van der Waals surface area contributed by atoms with Gasteiger partial charge < -0.3 is 10.2 Å². The monoisotopic (exact) mass is 244 g/mol. The molecule has 2 heteroatoms. The molecule has 1 aromatic carbocycles. The van der Waals surface area contributed by atoms with E-state index in [4.69, 9.17) is 0 Å². The lowest BCUT2D eigenvalue weighted by Gasteiger charge is -2.40. The minimum atomic E-state index is 0.606. The molecule has 2 nitrogen and oxygen atoms in total. The summed E-state index contributed by atoms with van der Waals surface area (Å²) in [4.78, 5) is 2.68. The summed E-state index contributed by atoms with van der Waals surface area (Å²) in [5.74, 6) is 0. The summed E-state index contributed by atoms with van der Waals surface area (Å²) in [7, 11) is 0. The minimum absolute atomic E-state index is 0.606. The lowest BCUT2D eigenvalue weighted by atomic mass is 9.79. The smallest absolute Gasteiger partial charge is 0.00508 e. The first-order valence-corrected chi connectivity index (χ1v) is 7.33. The second-order valence-electron chi connectivity index (χ2n) is 6.04. The Morgan fingerprint density at radius 2 is 2.06 bits per heavy atom. The molecule has 0 radical (unpaired) electrons. The Morgan fingerprint density at radius 3 is 2.83 bits per heavy atom. The molecule has 2 saturated heterocycles. The molecular formula is C16H24N2. The molecule has 1 atom stereocenters. The van der Waals surface area contributed by atoms with Crippen molar-refractivity contribution in [3.63, 3.8) is 0 Å². The van der Waals surface area contributed by atoms with Gasteiger partial charge in [-0.15, -0.1) is 0 Å². The molecular weight excluding hydrogens is 220 g/mol. The number of hydrogen-bond acceptors (Lipinski definition) is 2. The van der Waals surface area contributed by atoms with E-state index in [0.717, 1.165) is 0 Å².